The van der Waals surface area contributed by atoms with Crippen LogP contribution in [0, 0.1) is 11.8 Å². The van der Waals surface area contributed by atoms with Gasteiger partial charge in [-0.25, -0.2) is 0 Å². The highest BCUT2D eigenvalue weighted by molar-refractivity contribution is 8.18. The summed E-state index contributed by atoms with van der Waals surface area (Å²) < 4.78 is 0. The topological polar surface area (TPSA) is 66.5 Å². The van der Waals surface area contributed by atoms with Gasteiger partial charge in [-0.1, -0.05) is 42.3 Å². The predicted molar refractivity (Wildman–Crippen MR) is 99.4 cm³/mol. The van der Waals surface area contributed by atoms with Crippen LogP contribution in [0.25, 0.3) is 6.08 Å². The third-order valence-corrected chi connectivity index (χ3v) is 5.96. The van der Waals surface area contributed by atoms with E-state index in [1.807, 2.05) is 6.92 Å². The number of halogens is 2. The summed E-state index contributed by atoms with van der Waals surface area (Å²) in [5.74, 6) is 0.0863. The number of carbonyl (C=O) groups is 3. The molecule has 25 heavy (non-hydrogen) atoms. The number of benzene rings is 1. The zero-order valence-corrected chi connectivity index (χ0v) is 15.7. The molecular weight excluding hydrogens is 383 g/mol. The molecule has 132 valence electrons. The average molecular weight is 399 g/mol. The van der Waals surface area contributed by atoms with Crippen molar-refractivity contribution in [2.45, 2.75) is 13.3 Å². The smallest absolute Gasteiger partial charge is 0.293 e. The standard InChI is InChI=1S/C17H16Cl2N2O3S/c1-9-7-11(9)15(22)20-5-6-21-16(23)13(25-17(21)24)8-10-3-2-4-12(18)14(10)19/h2-4,8-9,11H,5-7H2,1H3,(H,20,22)/b13-8-. The van der Waals surface area contributed by atoms with E-state index in [-0.39, 0.29) is 41.0 Å². The number of nitrogens with one attached hydrogen (secondary N) is 1. The molecule has 1 aliphatic heterocycles. The molecule has 1 N–H and O–H groups in total. The molecular formula is C17H16Cl2N2O3S. The lowest BCUT2D eigenvalue weighted by Gasteiger charge is -2.12. The third kappa shape index (κ3) is 4.02. The van der Waals surface area contributed by atoms with Crippen molar-refractivity contribution in [3.63, 3.8) is 0 Å². The van der Waals surface area contributed by atoms with Gasteiger partial charge in [0.15, 0.2) is 0 Å². The van der Waals surface area contributed by atoms with Crippen molar-refractivity contribution in [3.8, 4) is 0 Å². The molecule has 1 saturated heterocycles. The van der Waals surface area contributed by atoms with Gasteiger partial charge in [-0.3, -0.25) is 19.3 Å². The average Bonchev–Trinajstić information content (AvgIpc) is 3.24. The first-order chi connectivity index (χ1) is 11.9. The summed E-state index contributed by atoms with van der Waals surface area (Å²) in [6, 6.07) is 5.09. The SMILES string of the molecule is CC1CC1C(=O)NCCN1C(=O)S/C(=C\c2cccc(Cl)c2Cl)C1=O. The van der Waals surface area contributed by atoms with E-state index in [4.69, 9.17) is 23.2 Å². The van der Waals surface area contributed by atoms with Crippen LogP contribution in [0.3, 0.4) is 0 Å². The van der Waals surface area contributed by atoms with Gasteiger partial charge in [-0.05, 0) is 41.8 Å². The summed E-state index contributed by atoms with van der Waals surface area (Å²) in [5.41, 5.74) is 0.579. The van der Waals surface area contributed by atoms with Crippen LogP contribution in [0.5, 0.6) is 0 Å². The van der Waals surface area contributed by atoms with Gasteiger partial charge in [0.05, 0.1) is 15.0 Å². The molecule has 2 atom stereocenters. The normalized spacial score (nSPS) is 24.1. The molecule has 1 aromatic rings. The lowest BCUT2D eigenvalue weighted by Crippen LogP contribution is -2.37. The summed E-state index contributed by atoms with van der Waals surface area (Å²) in [4.78, 5) is 37.7. The van der Waals surface area contributed by atoms with E-state index in [1.165, 1.54) is 0 Å². The lowest BCUT2D eigenvalue weighted by molar-refractivity contribution is -0.125. The van der Waals surface area contributed by atoms with Gasteiger partial charge in [0.1, 0.15) is 0 Å². The van der Waals surface area contributed by atoms with Gasteiger partial charge in [-0.15, -0.1) is 0 Å². The highest BCUT2D eigenvalue weighted by atomic mass is 35.5. The van der Waals surface area contributed by atoms with Gasteiger partial charge in [0.25, 0.3) is 11.1 Å². The Morgan fingerprint density at radius 3 is 2.80 bits per heavy atom. The quantitative estimate of drug-likeness (QED) is 0.765. The minimum Gasteiger partial charge on any atom is -0.354 e. The first-order valence-corrected chi connectivity index (χ1v) is 9.43. The van der Waals surface area contributed by atoms with E-state index in [1.54, 1.807) is 24.3 Å². The molecule has 3 amide bonds. The number of carbonyl (C=O) groups excluding carboxylic acids is 3. The summed E-state index contributed by atoms with van der Waals surface area (Å²) in [7, 11) is 0. The Morgan fingerprint density at radius 1 is 1.40 bits per heavy atom. The van der Waals surface area contributed by atoms with Gasteiger partial charge in [0, 0.05) is 19.0 Å². The second kappa shape index (κ2) is 7.40. The predicted octanol–water partition coefficient (Wildman–Crippen LogP) is 3.80. The van der Waals surface area contributed by atoms with Gasteiger partial charge >= 0.3 is 0 Å². The Balaban J connectivity index is 1.62. The second-order valence-electron chi connectivity index (χ2n) is 6.09. The van der Waals surface area contributed by atoms with Crippen molar-refractivity contribution in [2.24, 2.45) is 11.8 Å². The zero-order chi connectivity index (χ0) is 18.1. The van der Waals surface area contributed by atoms with Crippen LogP contribution in [0.2, 0.25) is 10.0 Å². The summed E-state index contributed by atoms with van der Waals surface area (Å²) in [6.45, 7) is 2.43. The Bertz CT molecular complexity index is 781. The van der Waals surface area contributed by atoms with Crippen LogP contribution < -0.4 is 5.32 Å². The fourth-order valence-electron chi connectivity index (χ4n) is 2.58. The Hall–Kier alpha value is -1.50. The highest BCUT2D eigenvalue weighted by Crippen LogP contribution is 2.38. The molecule has 8 heteroatoms. The number of imide groups is 1. The second-order valence-corrected chi connectivity index (χ2v) is 7.87. The maximum Gasteiger partial charge on any atom is 0.293 e. The molecule has 1 aromatic carbocycles. The van der Waals surface area contributed by atoms with Crippen molar-refractivity contribution < 1.29 is 14.4 Å². The minimum absolute atomic E-state index is 0.0132. The van der Waals surface area contributed by atoms with Crippen molar-refractivity contribution in [3.05, 3.63) is 38.7 Å². The van der Waals surface area contributed by atoms with Crippen LogP contribution in [0.1, 0.15) is 18.9 Å². The van der Waals surface area contributed by atoms with Crippen LogP contribution in [0.15, 0.2) is 23.1 Å². The van der Waals surface area contributed by atoms with Crippen molar-refractivity contribution in [1.29, 1.82) is 0 Å². The minimum atomic E-state index is -0.389. The van der Waals surface area contributed by atoms with E-state index in [0.29, 0.717) is 21.5 Å². The van der Waals surface area contributed by atoms with Gasteiger partial charge in [0.2, 0.25) is 5.91 Å². The first-order valence-electron chi connectivity index (χ1n) is 7.85. The molecule has 0 radical (unpaired) electrons. The number of thioether (sulfide) groups is 1. The molecule has 0 aromatic heterocycles. The molecule has 2 aliphatic rings. The maximum atomic E-state index is 12.4. The van der Waals surface area contributed by atoms with E-state index in [2.05, 4.69) is 5.32 Å². The van der Waals surface area contributed by atoms with E-state index < -0.39 is 0 Å². The summed E-state index contributed by atoms with van der Waals surface area (Å²) >= 11 is 12.9. The number of hydrogen-bond donors (Lipinski definition) is 1. The van der Waals surface area contributed by atoms with Crippen molar-refractivity contribution >= 4 is 58.1 Å². The monoisotopic (exact) mass is 398 g/mol. The highest BCUT2D eigenvalue weighted by Gasteiger charge is 2.39. The summed E-state index contributed by atoms with van der Waals surface area (Å²) in [5, 5.41) is 3.13. The fourth-order valence-corrected chi connectivity index (χ4v) is 3.79. The number of rotatable bonds is 5. The van der Waals surface area contributed by atoms with Crippen LogP contribution in [-0.4, -0.2) is 35.0 Å². The summed E-state index contributed by atoms with van der Waals surface area (Å²) in [6.07, 6.45) is 2.46. The van der Waals surface area contributed by atoms with Crippen LogP contribution in [-0.2, 0) is 9.59 Å². The molecule has 2 fully saturated rings. The Labute approximate surface area is 159 Å². The number of nitrogens with zero attached hydrogens (tertiary/aromatic N) is 1. The Kier molecular flexibility index (Phi) is 5.41. The van der Waals surface area contributed by atoms with Crippen LogP contribution >= 0.6 is 35.0 Å². The Morgan fingerprint density at radius 2 is 2.12 bits per heavy atom. The molecule has 1 aliphatic carbocycles. The van der Waals surface area contributed by atoms with Crippen LogP contribution in [0.4, 0.5) is 4.79 Å². The number of hydrogen-bond acceptors (Lipinski definition) is 4. The molecule has 1 heterocycles. The molecule has 0 bridgehead atoms. The molecule has 1 saturated carbocycles. The third-order valence-electron chi connectivity index (χ3n) is 4.22. The first kappa shape index (κ1) is 18.3. The van der Waals surface area contributed by atoms with Crippen molar-refractivity contribution in [1.82, 2.24) is 10.2 Å². The van der Waals surface area contributed by atoms with E-state index in [9.17, 15) is 14.4 Å². The fraction of sp³-hybridized carbons (Fsp3) is 0.353. The van der Waals surface area contributed by atoms with Gasteiger partial charge < -0.3 is 5.32 Å². The maximum absolute atomic E-state index is 12.4. The van der Waals surface area contributed by atoms with E-state index in [0.717, 1.165) is 23.1 Å². The van der Waals surface area contributed by atoms with Gasteiger partial charge in [-0.2, -0.15) is 0 Å². The molecule has 5 nitrogen and oxygen atoms in total. The largest absolute Gasteiger partial charge is 0.354 e. The molecule has 0 spiro atoms. The molecule has 3 rings (SSSR count). The molecule has 2 unspecified atom stereocenters. The number of amides is 3. The zero-order valence-electron chi connectivity index (χ0n) is 13.4. The van der Waals surface area contributed by atoms with E-state index >= 15 is 0 Å². The lowest BCUT2D eigenvalue weighted by atomic mass is 10.2. The van der Waals surface area contributed by atoms with Crippen molar-refractivity contribution in [2.75, 3.05) is 13.1 Å².